The Kier molecular flexibility index (Phi) is 26.6. The van der Waals surface area contributed by atoms with Gasteiger partial charge in [-0.1, -0.05) is 193 Å². The van der Waals surface area contributed by atoms with Crippen LogP contribution in [0, 0.1) is 16.2 Å². The molecule has 2 nitrogen and oxygen atoms in total. The Morgan fingerprint density at radius 1 is 0.515 bits per heavy atom. The highest BCUT2D eigenvalue weighted by atomic mass is 15.0. The Labute approximate surface area is 419 Å². The van der Waals surface area contributed by atoms with E-state index in [1.807, 2.05) is 18.4 Å². The lowest BCUT2D eigenvalue weighted by Crippen LogP contribution is -2.19. The van der Waals surface area contributed by atoms with E-state index in [9.17, 15) is 0 Å². The van der Waals surface area contributed by atoms with Crippen LogP contribution in [0.2, 0.25) is 0 Å². The van der Waals surface area contributed by atoms with Crippen LogP contribution >= 0.6 is 0 Å². The number of nitrogens with zero attached hydrogens (tertiary/aromatic N) is 1. The minimum atomic E-state index is 0.274. The van der Waals surface area contributed by atoms with E-state index in [0.29, 0.717) is 5.41 Å². The number of allylic oxidation sites excluding steroid dienone is 30. The van der Waals surface area contributed by atoms with Crippen LogP contribution < -0.4 is 5.32 Å². The van der Waals surface area contributed by atoms with Crippen LogP contribution in [-0.4, -0.2) is 23.9 Å². The van der Waals surface area contributed by atoms with Gasteiger partial charge in [-0.05, 0) is 175 Å². The average Bonchev–Trinajstić information content (AvgIpc) is 3.25. The van der Waals surface area contributed by atoms with Crippen molar-refractivity contribution in [3.63, 3.8) is 0 Å². The highest BCUT2D eigenvalue weighted by Crippen LogP contribution is 2.43. The maximum Gasteiger partial charge on any atom is 0.169 e. The van der Waals surface area contributed by atoms with Gasteiger partial charge in [0.1, 0.15) is 6.54 Å². The Hall–Kier alpha value is -4.95. The van der Waals surface area contributed by atoms with Gasteiger partial charge in [0.15, 0.2) is 12.4 Å². The molecule has 68 heavy (non-hydrogen) atoms. The molecule has 0 radical (unpaired) electrons. The number of rotatable bonds is 21. The quantitative estimate of drug-likeness (QED) is 0.0525. The van der Waals surface area contributed by atoms with Crippen LogP contribution in [-0.2, 0) is 0 Å². The number of nitrogens with one attached hydrogen (secondary N) is 1. The average molecular weight is 919 g/mol. The van der Waals surface area contributed by atoms with Crippen LogP contribution in [0.1, 0.15) is 174 Å². The molecule has 0 amide bonds. The van der Waals surface area contributed by atoms with Crippen molar-refractivity contribution < 1.29 is 4.58 Å². The second-order valence-electron chi connectivity index (χ2n) is 21.7. The van der Waals surface area contributed by atoms with Crippen LogP contribution in [0.4, 0.5) is 0 Å². The van der Waals surface area contributed by atoms with Gasteiger partial charge in [0.05, 0.1) is 0 Å². The Morgan fingerprint density at radius 3 is 1.28 bits per heavy atom. The highest BCUT2D eigenvalue weighted by Gasteiger charge is 2.28. The maximum atomic E-state index is 4.23. The lowest BCUT2D eigenvalue weighted by atomic mass is 9.72. The Morgan fingerprint density at radius 2 is 0.897 bits per heavy atom. The van der Waals surface area contributed by atoms with E-state index < -0.39 is 0 Å². The minimum absolute atomic E-state index is 0.274. The fourth-order valence-electron chi connectivity index (χ4n) is 9.26. The smallest absolute Gasteiger partial charge is 0.169 e. The lowest BCUT2D eigenvalue weighted by Gasteiger charge is -2.33. The summed E-state index contributed by atoms with van der Waals surface area (Å²) < 4.78 is 2.23. The zero-order valence-electron chi connectivity index (χ0n) is 46.2. The van der Waals surface area contributed by atoms with Gasteiger partial charge in [0.25, 0.3) is 0 Å². The van der Waals surface area contributed by atoms with Crippen molar-refractivity contribution in [1.29, 1.82) is 0 Å². The summed E-state index contributed by atoms with van der Waals surface area (Å²) in [6, 6.07) is 0. The second kappa shape index (κ2) is 30.5. The van der Waals surface area contributed by atoms with Crippen molar-refractivity contribution in [2.24, 2.45) is 16.2 Å². The second-order valence-corrected chi connectivity index (χ2v) is 21.7. The molecule has 2 heteroatoms. The molecule has 0 aliphatic heterocycles. The summed E-state index contributed by atoms with van der Waals surface area (Å²) in [4.78, 5) is 0. The molecule has 0 aromatic carbocycles. The molecular weight excluding hydrogens is 821 g/mol. The van der Waals surface area contributed by atoms with Crippen LogP contribution in [0.15, 0.2) is 202 Å². The molecule has 370 valence electrons. The maximum absolute atomic E-state index is 4.23. The van der Waals surface area contributed by atoms with Crippen molar-refractivity contribution in [2.45, 2.75) is 174 Å². The fraction of sp³-hybridized carbons (Fsp3) is 0.470. The summed E-state index contributed by atoms with van der Waals surface area (Å²) in [6.07, 6.45) is 59.0. The van der Waals surface area contributed by atoms with Crippen molar-refractivity contribution in [1.82, 2.24) is 5.32 Å². The zero-order chi connectivity index (χ0) is 50.8. The predicted molar refractivity (Wildman–Crippen MR) is 307 cm³/mol. The Balaban J connectivity index is 0.000000557. The first-order valence-electron chi connectivity index (χ1n) is 26.0. The SMILES string of the molecule is C=C(/C=C\NCCC)/C=C/C=C(C)/C=C/C1=C(C)CCCC1(C)C.C=C(\C=C/[N+](=C\C=C(C)\C=C\C=C(C)\C=C\C1=C(C)CCCC1(C)C)CCC)/C=C/C=C(C)/C=C/C1=C(C)CCCC1(C)C. The molecule has 0 atom stereocenters. The minimum Gasteiger partial charge on any atom is -0.391 e. The van der Waals surface area contributed by atoms with Crippen molar-refractivity contribution in [3.05, 3.63) is 202 Å². The Bertz CT molecular complexity index is 2200. The first kappa shape index (κ1) is 59.2. The zero-order valence-corrected chi connectivity index (χ0v) is 46.2. The molecule has 0 bridgehead atoms. The molecular formula is C66H97N2+. The van der Waals surface area contributed by atoms with Crippen molar-refractivity contribution >= 4 is 6.21 Å². The van der Waals surface area contributed by atoms with Gasteiger partial charge in [0.2, 0.25) is 0 Å². The first-order valence-corrected chi connectivity index (χ1v) is 26.0. The molecule has 0 aromatic heterocycles. The van der Waals surface area contributed by atoms with Gasteiger partial charge < -0.3 is 5.32 Å². The lowest BCUT2D eigenvalue weighted by molar-refractivity contribution is -0.451. The summed E-state index contributed by atoms with van der Waals surface area (Å²) in [6.45, 7) is 44.3. The van der Waals surface area contributed by atoms with Gasteiger partial charge in [-0.2, -0.15) is 0 Å². The summed E-state index contributed by atoms with van der Waals surface area (Å²) in [5.41, 5.74) is 17.0. The monoisotopic (exact) mass is 918 g/mol. The van der Waals surface area contributed by atoms with E-state index in [0.717, 1.165) is 37.1 Å². The van der Waals surface area contributed by atoms with Gasteiger partial charge in [0, 0.05) is 25.1 Å². The molecule has 1 N–H and O–H groups in total. The molecule has 3 aliphatic rings. The first-order chi connectivity index (χ1) is 32.1. The summed E-state index contributed by atoms with van der Waals surface area (Å²) in [7, 11) is 0. The predicted octanol–water partition coefficient (Wildman–Crippen LogP) is 19.3. The largest absolute Gasteiger partial charge is 0.391 e. The standard InChI is InChI=1S/C43H62N.C23H35N/c1-12-31-44(32-27-36(4)19-13-17-34(2)23-25-40-38(6)21-15-29-42(40,8)9)33-28-37(5)20-14-18-35(3)24-26-41-39(7)22-16-30-43(41,10)11;1-7-17-24-18-15-20(3)11-8-10-19(2)13-14-22-21(4)12-9-16-23(22,5)6/h13-14,17-20,23-28,32-33H,4,12,15-16,21-22,29-31H2,1-3,5-11H3;8,10-11,13-15,18,24H,3,7,9,12,16-17H2,1-2,4-6H3/q+1;/b19-13+,20-14+,25-23+,26-24+,32-27-,34-17+,35-18+,37-28+,44-33-;11-8+,14-13+,18-15-,19-10+. The molecule has 0 unspecified atom stereocenters. The van der Waals surface area contributed by atoms with E-state index >= 15 is 0 Å². The molecule has 3 aliphatic carbocycles. The number of hydrogen-bond acceptors (Lipinski definition) is 1. The number of hydrogen-bond donors (Lipinski definition) is 1. The van der Waals surface area contributed by atoms with Crippen molar-refractivity contribution in [2.75, 3.05) is 13.1 Å². The topological polar surface area (TPSA) is 15.0 Å². The van der Waals surface area contributed by atoms with Gasteiger partial charge >= 0.3 is 0 Å². The van der Waals surface area contributed by atoms with Gasteiger partial charge in [-0.3, -0.25) is 0 Å². The van der Waals surface area contributed by atoms with Crippen LogP contribution in [0.5, 0.6) is 0 Å². The molecule has 0 saturated carbocycles. The molecule has 0 saturated heterocycles. The highest BCUT2D eigenvalue weighted by molar-refractivity contribution is 5.68. The van der Waals surface area contributed by atoms with E-state index in [1.165, 1.54) is 102 Å². The third-order valence-electron chi connectivity index (χ3n) is 13.5. The van der Waals surface area contributed by atoms with Crippen molar-refractivity contribution in [3.8, 4) is 0 Å². The molecule has 0 heterocycles. The summed E-state index contributed by atoms with van der Waals surface area (Å²) >= 11 is 0. The fourth-order valence-corrected chi connectivity index (χ4v) is 9.26. The summed E-state index contributed by atoms with van der Waals surface area (Å²) in [5.74, 6) is 0. The van der Waals surface area contributed by atoms with E-state index in [1.54, 1.807) is 11.1 Å². The van der Waals surface area contributed by atoms with Crippen LogP contribution in [0.3, 0.4) is 0 Å². The normalized spacial score (nSPS) is 20.2. The van der Waals surface area contributed by atoms with Gasteiger partial charge in [-0.25, -0.2) is 4.58 Å². The van der Waals surface area contributed by atoms with E-state index in [2.05, 4.69) is 237 Å². The third kappa shape index (κ3) is 22.9. The molecule has 0 spiro atoms. The third-order valence-corrected chi connectivity index (χ3v) is 13.5. The molecule has 0 fully saturated rings. The molecule has 3 rings (SSSR count). The van der Waals surface area contributed by atoms with E-state index in [4.69, 9.17) is 0 Å². The molecule has 0 aromatic rings. The van der Waals surface area contributed by atoms with E-state index in [-0.39, 0.29) is 10.8 Å². The van der Waals surface area contributed by atoms with Gasteiger partial charge in [-0.15, -0.1) is 0 Å². The summed E-state index contributed by atoms with van der Waals surface area (Å²) in [5, 5.41) is 3.23. The van der Waals surface area contributed by atoms with Crippen LogP contribution in [0.25, 0.3) is 0 Å².